The van der Waals surface area contributed by atoms with E-state index in [4.69, 9.17) is 9.47 Å². The van der Waals surface area contributed by atoms with E-state index >= 15 is 0 Å². The molecule has 0 aliphatic carbocycles. The summed E-state index contributed by atoms with van der Waals surface area (Å²) in [5.41, 5.74) is -0.836. The fraction of sp³-hybridized carbons (Fsp3) is 0.130. The number of pyridine rings is 1. The second-order valence-corrected chi connectivity index (χ2v) is 6.69. The van der Waals surface area contributed by atoms with Gasteiger partial charge >= 0.3 is 6.18 Å². The van der Waals surface area contributed by atoms with Crippen LogP contribution in [0.2, 0.25) is 0 Å². The maximum Gasteiger partial charge on any atom is 0.417 e. The number of carbonyl (C=O) groups excluding carboxylic acids is 1. The molecule has 9 heteroatoms. The number of nitrogens with one attached hydrogen (secondary N) is 1. The van der Waals surface area contributed by atoms with Crippen LogP contribution in [0.25, 0.3) is 6.08 Å². The normalized spacial score (nSPS) is 11.1. The van der Waals surface area contributed by atoms with Crippen molar-refractivity contribution < 1.29 is 31.8 Å². The third-order valence-electron chi connectivity index (χ3n) is 4.48. The van der Waals surface area contributed by atoms with Crippen LogP contribution in [0.15, 0.2) is 55.2 Å². The maximum atomic E-state index is 13.6. The standard InChI is InChI=1S/C23H18F4N2O3/c1-4-14-10-17(22(30)29-16-7-8-28-21(11-16)31-3)20(12-18(14)23(25,26)27)32-19-6-5-15(24)9-13(19)2/h4-12H,1H2,2-3H3,(H,28,29,30). The molecule has 32 heavy (non-hydrogen) atoms. The Kier molecular flexibility index (Phi) is 6.47. The minimum Gasteiger partial charge on any atom is -0.481 e. The summed E-state index contributed by atoms with van der Waals surface area (Å²) >= 11 is 0. The molecule has 0 unspecified atom stereocenters. The molecule has 0 aliphatic rings. The Labute approximate surface area is 181 Å². The molecule has 3 rings (SSSR count). The number of methoxy groups -OCH3 is 1. The minimum atomic E-state index is -4.72. The van der Waals surface area contributed by atoms with E-state index in [0.717, 1.165) is 24.3 Å². The van der Waals surface area contributed by atoms with Crippen molar-refractivity contribution in [3.63, 3.8) is 0 Å². The Balaban J connectivity index is 2.09. The summed E-state index contributed by atoms with van der Waals surface area (Å²) in [5, 5.41) is 2.58. The van der Waals surface area contributed by atoms with E-state index in [0.29, 0.717) is 11.3 Å². The number of nitrogens with zero attached hydrogens (tertiary/aromatic N) is 1. The van der Waals surface area contributed by atoms with Gasteiger partial charge in [-0.3, -0.25) is 4.79 Å². The molecule has 1 N–H and O–H groups in total. The highest BCUT2D eigenvalue weighted by Gasteiger charge is 2.35. The summed E-state index contributed by atoms with van der Waals surface area (Å²) in [6.07, 6.45) is -2.31. The lowest BCUT2D eigenvalue weighted by atomic mass is 10.0. The first-order valence-electron chi connectivity index (χ1n) is 9.25. The number of anilines is 1. The zero-order chi connectivity index (χ0) is 23.5. The van der Waals surface area contributed by atoms with Gasteiger partial charge in [-0.15, -0.1) is 0 Å². The summed E-state index contributed by atoms with van der Waals surface area (Å²) in [6, 6.07) is 8.24. The molecular formula is C23H18F4N2O3. The summed E-state index contributed by atoms with van der Waals surface area (Å²) in [7, 11) is 1.40. The molecule has 1 aromatic heterocycles. The van der Waals surface area contributed by atoms with Gasteiger partial charge in [0.1, 0.15) is 17.3 Å². The van der Waals surface area contributed by atoms with Gasteiger partial charge in [-0.2, -0.15) is 13.2 Å². The first-order chi connectivity index (χ1) is 15.1. The van der Waals surface area contributed by atoms with E-state index in [1.54, 1.807) is 0 Å². The smallest absolute Gasteiger partial charge is 0.417 e. The first kappa shape index (κ1) is 22.8. The number of rotatable bonds is 6. The first-order valence-corrected chi connectivity index (χ1v) is 9.25. The van der Waals surface area contributed by atoms with Gasteiger partial charge in [-0.05, 0) is 54.4 Å². The lowest BCUT2D eigenvalue weighted by Gasteiger charge is -2.18. The third kappa shape index (κ3) is 5.05. The number of aromatic nitrogens is 1. The van der Waals surface area contributed by atoms with Crippen molar-refractivity contribution in [2.24, 2.45) is 0 Å². The predicted molar refractivity (Wildman–Crippen MR) is 111 cm³/mol. The molecule has 166 valence electrons. The van der Waals surface area contributed by atoms with Crippen LogP contribution in [0, 0.1) is 12.7 Å². The van der Waals surface area contributed by atoms with Gasteiger partial charge in [0, 0.05) is 18.0 Å². The lowest BCUT2D eigenvalue weighted by molar-refractivity contribution is -0.137. The van der Waals surface area contributed by atoms with E-state index in [1.807, 2.05) is 0 Å². The van der Waals surface area contributed by atoms with Gasteiger partial charge in [0.15, 0.2) is 0 Å². The molecule has 1 heterocycles. The van der Waals surface area contributed by atoms with Crippen molar-refractivity contribution in [2.45, 2.75) is 13.1 Å². The Hall–Kier alpha value is -3.88. The van der Waals surface area contributed by atoms with Gasteiger partial charge < -0.3 is 14.8 Å². The Morgan fingerprint density at radius 2 is 1.88 bits per heavy atom. The zero-order valence-corrected chi connectivity index (χ0v) is 17.1. The molecule has 0 aliphatic heterocycles. The molecule has 0 bridgehead atoms. The fourth-order valence-electron chi connectivity index (χ4n) is 2.92. The van der Waals surface area contributed by atoms with Gasteiger partial charge in [0.2, 0.25) is 5.88 Å². The molecule has 5 nitrogen and oxygen atoms in total. The highest BCUT2D eigenvalue weighted by molar-refractivity contribution is 6.06. The highest BCUT2D eigenvalue weighted by Crippen LogP contribution is 2.39. The van der Waals surface area contributed by atoms with E-state index in [9.17, 15) is 22.4 Å². The summed E-state index contributed by atoms with van der Waals surface area (Å²) in [6.45, 7) is 4.94. The van der Waals surface area contributed by atoms with Gasteiger partial charge in [-0.25, -0.2) is 9.37 Å². The molecule has 0 saturated heterocycles. The van der Waals surface area contributed by atoms with Gasteiger partial charge in [-0.1, -0.05) is 12.7 Å². The number of hydrogen-bond donors (Lipinski definition) is 1. The molecule has 0 spiro atoms. The Bertz CT molecular complexity index is 1180. The van der Waals surface area contributed by atoms with Crippen molar-refractivity contribution in [1.29, 1.82) is 0 Å². The average molecular weight is 446 g/mol. The predicted octanol–water partition coefficient (Wildman–Crippen LogP) is 6.24. The van der Waals surface area contributed by atoms with Crippen molar-refractivity contribution in [2.75, 3.05) is 12.4 Å². The number of halogens is 4. The molecule has 0 saturated carbocycles. The molecule has 0 fully saturated rings. The van der Waals surface area contributed by atoms with Crippen molar-refractivity contribution >= 4 is 17.7 Å². The van der Waals surface area contributed by atoms with E-state index in [-0.39, 0.29) is 28.5 Å². The number of aryl methyl sites for hydroxylation is 1. The monoisotopic (exact) mass is 446 g/mol. The second kappa shape index (κ2) is 9.09. The number of alkyl halides is 3. The summed E-state index contributed by atoms with van der Waals surface area (Å²) in [4.78, 5) is 16.9. The number of ether oxygens (including phenoxy) is 2. The van der Waals surface area contributed by atoms with Crippen molar-refractivity contribution in [1.82, 2.24) is 4.98 Å². The highest BCUT2D eigenvalue weighted by atomic mass is 19.4. The van der Waals surface area contributed by atoms with E-state index < -0.39 is 23.5 Å². The van der Waals surface area contributed by atoms with Crippen LogP contribution < -0.4 is 14.8 Å². The molecule has 2 aromatic carbocycles. The maximum absolute atomic E-state index is 13.6. The van der Waals surface area contributed by atoms with Crippen molar-refractivity contribution in [3.8, 4) is 17.4 Å². The van der Waals surface area contributed by atoms with Crippen LogP contribution in [-0.2, 0) is 6.18 Å². The molecule has 0 radical (unpaired) electrons. The average Bonchev–Trinajstić information content (AvgIpc) is 2.74. The van der Waals surface area contributed by atoms with Crippen LogP contribution in [0.3, 0.4) is 0 Å². The van der Waals surface area contributed by atoms with E-state index in [1.165, 1.54) is 44.5 Å². The Morgan fingerprint density at radius 3 is 2.50 bits per heavy atom. The quantitative estimate of drug-likeness (QED) is 0.455. The van der Waals surface area contributed by atoms with Crippen LogP contribution in [0.5, 0.6) is 17.4 Å². The summed E-state index contributed by atoms with van der Waals surface area (Å²) in [5.74, 6) is -1.27. The number of amides is 1. The number of benzene rings is 2. The lowest BCUT2D eigenvalue weighted by Crippen LogP contribution is -2.16. The number of hydrogen-bond acceptors (Lipinski definition) is 4. The van der Waals surface area contributed by atoms with Crippen LogP contribution in [0.4, 0.5) is 23.2 Å². The van der Waals surface area contributed by atoms with Crippen molar-refractivity contribution in [3.05, 3.63) is 83.3 Å². The van der Waals surface area contributed by atoms with Crippen LogP contribution >= 0.6 is 0 Å². The number of carbonyl (C=O) groups is 1. The largest absolute Gasteiger partial charge is 0.481 e. The summed E-state index contributed by atoms with van der Waals surface area (Å²) < 4.78 is 64.8. The fourth-order valence-corrected chi connectivity index (χ4v) is 2.92. The molecular weight excluding hydrogens is 428 g/mol. The topological polar surface area (TPSA) is 60.5 Å². The second-order valence-electron chi connectivity index (χ2n) is 6.69. The van der Waals surface area contributed by atoms with Crippen LogP contribution in [-0.4, -0.2) is 18.0 Å². The Morgan fingerprint density at radius 1 is 1.12 bits per heavy atom. The van der Waals surface area contributed by atoms with Gasteiger partial charge in [0.05, 0.1) is 18.2 Å². The zero-order valence-electron chi connectivity index (χ0n) is 17.1. The minimum absolute atomic E-state index is 0.102. The van der Waals surface area contributed by atoms with E-state index in [2.05, 4.69) is 16.9 Å². The molecule has 3 aromatic rings. The van der Waals surface area contributed by atoms with Gasteiger partial charge in [0.25, 0.3) is 5.91 Å². The molecule has 1 amide bonds. The molecule has 0 atom stereocenters. The van der Waals surface area contributed by atoms with Crippen LogP contribution in [0.1, 0.15) is 27.0 Å². The third-order valence-corrected chi connectivity index (χ3v) is 4.48. The SMILES string of the molecule is C=Cc1cc(C(=O)Nc2ccnc(OC)c2)c(Oc2ccc(F)cc2C)cc1C(F)(F)F.